The molecule has 0 aliphatic carbocycles. The molecule has 0 radical (unpaired) electrons. The fourth-order valence-corrected chi connectivity index (χ4v) is 3.56. The third-order valence-electron chi connectivity index (χ3n) is 4.01. The summed E-state index contributed by atoms with van der Waals surface area (Å²) in [5, 5.41) is 6.79. The SMILES string of the molecule is Cc1cc(NC(=O)CSCC(=O)N2CCN(c3cccc(Cl)n3)CC2)no1. The van der Waals surface area contributed by atoms with Gasteiger partial charge in [-0.2, -0.15) is 0 Å². The quantitative estimate of drug-likeness (QED) is 0.730. The van der Waals surface area contributed by atoms with E-state index < -0.39 is 0 Å². The van der Waals surface area contributed by atoms with Crippen molar-refractivity contribution in [3.05, 3.63) is 35.2 Å². The van der Waals surface area contributed by atoms with Gasteiger partial charge in [-0.15, -0.1) is 11.8 Å². The van der Waals surface area contributed by atoms with Crippen molar-refractivity contribution in [3.63, 3.8) is 0 Å². The Morgan fingerprint density at radius 2 is 2.04 bits per heavy atom. The van der Waals surface area contributed by atoms with Crippen LogP contribution in [0.25, 0.3) is 0 Å². The van der Waals surface area contributed by atoms with Crippen LogP contribution in [0.4, 0.5) is 11.6 Å². The van der Waals surface area contributed by atoms with Gasteiger partial charge in [0.15, 0.2) is 5.82 Å². The average molecular weight is 410 g/mol. The van der Waals surface area contributed by atoms with E-state index in [-0.39, 0.29) is 23.3 Å². The van der Waals surface area contributed by atoms with E-state index in [1.807, 2.05) is 17.0 Å². The predicted octanol–water partition coefficient (Wildman–Crippen LogP) is 2.05. The van der Waals surface area contributed by atoms with Crippen LogP contribution < -0.4 is 10.2 Å². The lowest BCUT2D eigenvalue weighted by Gasteiger charge is -2.35. The number of pyridine rings is 1. The molecule has 1 saturated heterocycles. The molecule has 3 heterocycles. The highest BCUT2D eigenvalue weighted by atomic mass is 35.5. The van der Waals surface area contributed by atoms with Gasteiger partial charge in [0, 0.05) is 32.2 Å². The van der Waals surface area contributed by atoms with Gasteiger partial charge >= 0.3 is 0 Å². The van der Waals surface area contributed by atoms with Crippen LogP contribution >= 0.6 is 23.4 Å². The standard InChI is InChI=1S/C17H20ClN5O3S/c1-12-9-14(21-26-12)20-16(24)10-27-11-17(25)23-7-5-22(6-8-23)15-4-2-3-13(18)19-15/h2-4,9H,5-8,10-11H2,1H3,(H,20,21,24). The van der Waals surface area contributed by atoms with Crippen LogP contribution in [0.1, 0.15) is 5.76 Å². The van der Waals surface area contributed by atoms with E-state index in [1.54, 1.807) is 19.1 Å². The Hall–Kier alpha value is -2.26. The zero-order chi connectivity index (χ0) is 19.2. The number of aromatic nitrogens is 2. The molecule has 0 aromatic carbocycles. The van der Waals surface area contributed by atoms with Gasteiger partial charge in [-0.3, -0.25) is 9.59 Å². The molecule has 2 amide bonds. The normalized spacial score (nSPS) is 14.3. The first-order chi connectivity index (χ1) is 13.0. The summed E-state index contributed by atoms with van der Waals surface area (Å²) < 4.78 is 4.89. The molecular formula is C17H20ClN5O3S. The summed E-state index contributed by atoms with van der Waals surface area (Å²) in [5.41, 5.74) is 0. The smallest absolute Gasteiger partial charge is 0.235 e. The van der Waals surface area contributed by atoms with Crippen LogP contribution in [0.2, 0.25) is 5.15 Å². The number of nitrogens with zero attached hydrogens (tertiary/aromatic N) is 4. The number of carbonyl (C=O) groups excluding carboxylic acids is 2. The highest BCUT2D eigenvalue weighted by Crippen LogP contribution is 2.17. The molecule has 1 aliphatic rings. The highest BCUT2D eigenvalue weighted by Gasteiger charge is 2.22. The van der Waals surface area contributed by atoms with Crippen LogP contribution in [-0.2, 0) is 9.59 Å². The second-order valence-corrected chi connectivity index (χ2v) is 7.42. The van der Waals surface area contributed by atoms with Gasteiger partial charge < -0.3 is 19.6 Å². The largest absolute Gasteiger partial charge is 0.360 e. The molecule has 1 N–H and O–H groups in total. The van der Waals surface area contributed by atoms with Crippen molar-refractivity contribution >= 4 is 46.8 Å². The van der Waals surface area contributed by atoms with Gasteiger partial charge in [-0.05, 0) is 19.1 Å². The molecule has 10 heteroatoms. The molecule has 0 spiro atoms. The van der Waals surface area contributed by atoms with E-state index >= 15 is 0 Å². The Morgan fingerprint density at radius 1 is 1.26 bits per heavy atom. The van der Waals surface area contributed by atoms with Crippen LogP contribution in [0.5, 0.6) is 0 Å². The van der Waals surface area contributed by atoms with Crippen LogP contribution in [0, 0.1) is 6.92 Å². The minimum atomic E-state index is -0.210. The molecule has 1 fully saturated rings. The van der Waals surface area contributed by atoms with E-state index in [9.17, 15) is 9.59 Å². The Bertz CT molecular complexity index is 807. The van der Waals surface area contributed by atoms with E-state index in [0.29, 0.717) is 42.9 Å². The average Bonchev–Trinajstić information content (AvgIpc) is 3.06. The van der Waals surface area contributed by atoms with Crippen molar-refractivity contribution in [1.82, 2.24) is 15.0 Å². The van der Waals surface area contributed by atoms with E-state index in [1.165, 1.54) is 11.8 Å². The van der Waals surface area contributed by atoms with Gasteiger partial charge in [0.25, 0.3) is 0 Å². The number of nitrogens with one attached hydrogen (secondary N) is 1. The van der Waals surface area contributed by atoms with Gasteiger partial charge in [0.2, 0.25) is 11.8 Å². The molecule has 8 nitrogen and oxygen atoms in total. The van der Waals surface area contributed by atoms with Gasteiger partial charge in [0.1, 0.15) is 16.7 Å². The number of anilines is 2. The number of halogens is 1. The third kappa shape index (κ3) is 5.61. The highest BCUT2D eigenvalue weighted by molar-refractivity contribution is 8.00. The summed E-state index contributed by atoms with van der Waals surface area (Å²) in [6.45, 7) is 4.40. The third-order valence-corrected chi connectivity index (χ3v) is 5.14. The second kappa shape index (κ2) is 9.09. The van der Waals surface area contributed by atoms with Gasteiger partial charge in [-0.25, -0.2) is 4.98 Å². The van der Waals surface area contributed by atoms with Crippen molar-refractivity contribution in [3.8, 4) is 0 Å². The minimum absolute atomic E-state index is 0.0313. The van der Waals surface area contributed by atoms with Crippen molar-refractivity contribution in [2.75, 3.05) is 47.9 Å². The number of piperazine rings is 1. The predicted molar refractivity (Wildman–Crippen MR) is 105 cm³/mol. The molecule has 0 unspecified atom stereocenters. The van der Waals surface area contributed by atoms with Crippen molar-refractivity contribution < 1.29 is 14.1 Å². The zero-order valence-electron chi connectivity index (χ0n) is 14.9. The summed E-state index contributed by atoms with van der Waals surface area (Å²) in [6, 6.07) is 7.16. The number of amides is 2. The van der Waals surface area contributed by atoms with Crippen LogP contribution in [0.15, 0.2) is 28.8 Å². The molecule has 1 aliphatic heterocycles. The maximum Gasteiger partial charge on any atom is 0.235 e. The van der Waals surface area contributed by atoms with E-state index in [0.717, 1.165) is 5.82 Å². The summed E-state index contributed by atoms with van der Waals surface area (Å²) in [7, 11) is 0. The summed E-state index contributed by atoms with van der Waals surface area (Å²) in [6.07, 6.45) is 0. The number of aryl methyl sites for hydroxylation is 1. The summed E-state index contributed by atoms with van der Waals surface area (Å²) in [5.74, 6) is 2.10. The Balaban J connectivity index is 1.37. The molecule has 0 bridgehead atoms. The molecule has 2 aromatic heterocycles. The monoisotopic (exact) mass is 409 g/mol. The molecule has 0 saturated carbocycles. The molecular weight excluding hydrogens is 390 g/mol. The fraction of sp³-hybridized carbons (Fsp3) is 0.412. The first kappa shape index (κ1) is 19.5. The number of carbonyl (C=O) groups is 2. The maximum absolute atomic E-state index is 12.3. The van der Waals surface area contributed by atoms with E-state index in [2.05, 4.69) is 20.4 Å². The fourth-order valence-electron chi connectivity index (χ4n) is 2.69. The number of hydrogen-bond acceptors (Lipinski definition) is 7. The van der Waals surface area contributed by atoms with Crippen LogP contribution in [-0.4, -0.2) is 64.5 Å². The molecule has 3 rings (SSSR count). The van der Waals surface area contributed by atoms with Gasteiger partial charge in [0.05, 0.1) is 11.5 Å². The van der Waals surface area contributed by atoms with E-state index in [4.69, 9.17) is 16.1 Å². The Labute approximate surface area is 166 Å². The topological polar surface area (TPSA) is 91.6 Å². The summed E-state index contributed by atoms with van der Waals surface area (Å²) >= 11 is 7.21. The lowest BCUT2D eigenvalue weighted by molar-refractivity contribution is -0.128. The Kier molecular flexibility index (Phi) is 6.57. The molecule has 0 atom stereocenters. The number of thioether (sulfide) groups is 1. The summed E-state index contributed by atoms with van der Waals surface area (Å²) in [4.78, 5) is 32.4. The number of hydrogen-bond donors (Lipinski definition) is 1. The second-order valence-electron chi connectivity index (χ2n) is 6.05. The van der Waals surface area contributed by atoms with Crippen molar-refractivity contribution in [2.24, 2.45) is 0 Å². The lowest BCUT2D eigenvalue weighted by Crippen LogP contribution is -2.49. The van der Waals surface area contributed by atoms with Gasteiger partial charge in [-0.1, -0.05) is 22.8 Å². The Morgan fingerprint density at radius 3 is 2.70 bits per heavy atom. The maximum atomic E-state index is 12.3. The molecule has 27 heavy (non-hydrogen) atoms. The first-order valence-electron chi connectivity index (χ1n) is 8.47. The van der Waals surface area contributed by atoms with Crippen LogP contribution in [0.3, 0.4) is 0 Å². The molecule has 144 valence electrons. The number of rotatable bonds is 6. The minimum Gasteiger partial charge on any atom is -0.360 e. The van der Waals surface area contributed by atoms with Crippen molar-refractivity contribution in [2.45, 2.75) is 6.92 Å². The zero-order valence-corrected chi connectivity index (χ0v) is 16.4. The molecule has 2 aromatic rings. The first-order valence-corrected chi connectivity index (χ1v) is 10.0. The van der Waals surface area contributed by atoms with Crippen molar-refractivity contribution in [1.29, 1.82) is 0 Å². The lowest BCUT2D eigenvalue weighted by atomic mass is 10.3.